The Bertz CT molecular complexity index is 1230. The first kappa shape index (κ1) is 21.6. The Morgan fingerprint density at radius 3 is 2.29 bits per heavy atom. The predicted octanol–water partition coefficient (Wildman–Crippen LogP) is 5.03. The van der Waals surface area contributed by atoms with Gasteiger partial charge in [0.1, 0.15) is 5.58 Å². The number of fused-ring (bicyclic) bond motifs is 1. The molecule has 0 atom stereocenters. The molecule has 0 unspecified atom stereocenters. The average Bonchev–Trinajstić information content (AvgIpc) is 3.05. The van der Waals surface area contributed by atoms with Crippen LogP contribution in [0.25, 0.3) is 11.0 Å². The summed E-state index contributed by atoms with van der Waals surface area (Å²) in [5.41, 5.74) is 4.23. The van der Waals surface area contributed by atoms with E-state index in [2.05, 4.69) is 12.2 Å². The van der Waals surface area contributed by atoms with Gasteiger partial charge in [0.25, 0.3) is 5.91 Å². The van der Waals surface area contributed by atoms with Gasteiger partial charge >= 0.3 is 0 Å². The van der Waals surface area contributed by atoms with Crippen LogP contribution in [-0.4, -0.2) is 31.7 Å². The molecule has 0 bridgehead atoms. The third-order valence-electron chi connectivity index (χ3n) is 6.25. The quantitative estimate of drug-likeness (QED) is 0.617. The molecule has 1 aliphatic rings. The van der Waals surface area contributed by atoms with E-state index in [4.69, 9.17) is 4.42 Å². The molecule has 4 rings (SSSR count). The number of hydrogen-bond donors (Lipinski definition) is 1. The summed E-state index contributed by atoms with van der Waals surface area (Å²) in [5, 5.41) is 3.73. The van der Waals surface area contributed by atoms with Crippen LogP contribution in [0.3, 0.4) is 0 Å². The van der Waals surface area contributed by atoms with E-state index >= 15 is 0 Å². The Balaban J connectivity index is 1.52. The monoisotopic (exact) mass is 440 g/mol. The minimum Gasteiger partial charge on any atom is -0.451 e. The highest BCUT2D eigenvalue weighted by Gasteiger charge is 2.28. The summed E-state index contributed by atoms with van der Waals surface area (Å²) in [6, 6.07) is 10.3. The van der Waals surface area contributed by atoms with Gasteiger partial charge in [0.2, 0.25) is 10.0 Å². The van der Waals surface area contributed by atoms with Crippen molar-refractivity contribution in [3.63, 3.8) is 0 Å². The molecule has 2 heterocycles. The normalized spacial score (nSPS) is 16.0. The van der Waals surface area contributed by atoms with E-state index in [1.807, 2.05) is 32.9 Å². The lowest BCUT2D eigenvalue weighted by molar-refractivity contribution is 0.0998. The maximum Gasteiger partial charge on any atom is 0.291 e. The Labute approximate surface area is 183 Å². The molecule has 164 valence electrons. The number of piperidine rings is 1. The molecule has 0 spiro atoms. The minimum atomic E-state index is -3.51. The molecular weight excluding hydrogens is 412 g/mol. The van der Waals surface area contributed by atoms with Crippen molar-refractivity contribution in [3.05, 3.63) is 58.8 Å². The van der Waals surface area contributed by atoms with Crippen molar-refractivity contribution in [2.24, 2.45) is 5.92 Å². The Morgan fingerprint density at radius 2 is 1.65 bits per heavy atom. The largest absolute Gasteiger partial charge is 0.451 e. The second-order valence-electron chi connectivity index (χ2n) is 8.55. The molecule has 3 aromatic rings. The Kier molecular flexibility index (Phi) is 5.66. The SMILES string of the molecule is Cc1cc2oc(C(=O)Nc3ccc(S(=O)(=O)N4CCC(C)CC4)cc3)c(C)c2cc1C. The topological polar surface area (TPSA) is 79.6 Å². The zero-order chi connectivity index (χ0) is 22.3. The van der Waals surface area contributed by atoms with Crippen LogP contribution < -0.4 is 5.32 Å². The Hall–Kier alpha value is -2.64. The third kappa shape index (κ3) is 4.12. The first-order chi connectivity index (χ1) is 14.7. The number of nitrogens with zero attached hydrogens (tertiary/aromatic N) is 1. The van der Waals surface area contributed by atoms with Crippen molar-refractivity contribution >= 4 is 32.6 Å². The van der Waals surface area contributed by atoms with Crippen LogP contribution in [-0.2, 0) is 10.0 Å². The number of hydrogen-bond acceptors (Lipinski definition) is 4. The fourth-order valence-corrected chi connectivity index (χ4v) is 5.43. The number of carbonyl (C=O) groups excluding carboxylic acids is 1. The van der Waals surface area contributed by atoms with Gasteiger partial charge in [-0.2, -0.15) is 4.31 Å². The van der Waals surface area contributed by atoms with E-state index in [1.54, 1.807) is 28.6 Å². The molecule has 1 aliphatic heterocycles. The number of carbonyl (C=O) groups is 1. The van der Waals surface area contributed by atoms with Crippen molar-refractivity contribution in [1.82, 2.24) is 4.31 Å². The highest BCUT2D eigenvalue weighted by Crippen LogP contribution is 2.29. The average molecular weight is 441 g/mol. The van der Waals surface area contributed by atoms with Crippen molar-refractivity contribution < 1.29 is 17.6 Å². The maximum absolute atomic E-state index is 12.9. The van der Waals surface area contributed by atoms with E-state index in [0.717, 1.165) is 34.9 Å². The fourth-order valence-electron chi connectivity index (χ4n) is 3.97. The molecule has 0 radical (unpaired) electrons. The van der Waals surface area contributed by atoms with Crippen LogP contribution in [0.15, 0.2) is 45.7 Å². The summed E-state index contributed by atoms with van der Waals surface area (Å²) in [6.07, 6.45) is 1.76. The molecule has 0 saturated carbocycles. The summed E-state index contributed by atoms with van der Waals surface area (Å²) in [6.45, 7) is 9.14. The number of amides is 1. The molecular formula is C24H28N2O4S. The lowest BCUT2D eigenvalue weighted by Gasteiger charge is -2.29. The highest BCUT2D eigenvalue weighted by atomic mass is 32.2. The van der Waals surface area contributed by atoms with Crippen molar-refractivity contribution in [1.29, 1.82) is 0 Å². The van der Waals surface area contributed by atoms with Crippen LogP contribution in [0.5, 0.6) is 0 Å². The van der Waals surface area contributed by atoms with Gasteiger partial charge in [-0.3, -0.25) is 4.79 Å². The lowest BCUT2D eigenvalue weighted by atomic mass is 10.0. The second-order valence-corrected chi connectivity index (χ2v) is 10.5. The van der Waals surface area contributed by atoms with E-state index in [0.29, 0.717) is 30.3 Å². The molecule has 1 N–H and O–H groups in total. The zero-order valence-corrected chi connectivity index (χ0v) is 19.2. The molecule has 1 fully saturated rings. The van der Waals surface area contributed by atoms with Crippen molar-refractivity contribution in [3.8, 4) is 0 Å². The van der Waals surface area contributed by atoms with Gasteiger partial charge in [-0.05, 0) is 87.1 Å². The summed E-state index contributed by atoms with van der Waals surface area (Å²) in [5.74, 6) is 0.461. The zero-order valence-electron chi connectivity index (χ0n) is 18.4. The van der Waals surface area contributed by atoms with E-state index in [1.165, 1.54) is 0 Å². The van der Waals surface area contributed by atoms with Gasteiger partial charge in [-0.15, -0.1) is 0 Å². The standard InChI is InChI=1S/C24H28N2O4S/c1-15-9-11-26(12-10-15)31(28,29)20-7-5-19(6-8-20)25-24(27)23-18(4)21-13-16(2)17(3)14-22(21)30-23/h5-8,13-15H,9-12H2,1-4H3,(H,25,27). The van der Waals surface area contributed by atoms with Crippen LogP contribution in [0.4, 0.5) is 5.69 Å². The van der Waals surface area contributed by atoms with E-state index in [-0.39, 0.29) is 16.6 Å². The van der Waals surface area contributed by atoms with E-state index < -0.39 is 10.0 Å². The number of aryl methyl sites for hydroxylation is 3. The number of benzene rings is 2. The van der Waals surface area contributed by atoms with E-state index in [9.17, 15) is 13.2 Å². The molecule has 7 heteroatoms. The van der Waals surface area contributed by atoms with Crippen LogP contribution >= 0.6 is 0 Å². The molecule has 31 heavy (non-hydrogen) atoms. The molecule has 1 aromatic heterocycles. The highest BCUT2D eigenvalue weighted by molar-refractivity contribution is 7.89. The Morgan fingerprint density at radius 1 is 1.03 bits per heavy atom. The molecule has 1 amide bonds. The molecule has 2 aromatic carbocycles. The summed E-state index contributed by atoms with van der Waals surface area (Å²) >= 11 is 0. The first-order valence-electron chi connectivity index (χ1n) is 10.6. The summed E-state index contributed by atoms with van der Waals surface area (Å²) in [4.78, 5) is 13.0. The molecule has 1 saturated heterocycles. The second kappa shape index (κ2) is 8.13. The first-order valence-corrected chi connectivity index (χ1v) is 12.0. The molecule has 6 nitrogen and oxygen atoms in total. The number of nitrogens with one attached hydrogen (secondary N) is 1. The van der Waals surface area contributed by atoms with Gasteiger partial charge in [0, 0.05) is 29.7 Å². The number of sulfonamides is 1. The van der Waals surface area contributed by atoms with Gasteiger partial charge in [-0.1, -0.05) is 6.92 Å². The fraction of sp³-hybridized carbons (Fsp3) is 0.375. The van der Waals surface area contributed by atoms with Gasteiger partial charge in [0.05, 0.1) is 4.90 Å². The van der Waals surface area contributed by atoms with Gasteiger partial charge < -0.3 is 9.73 Å². The number of furan rings is 1. The van der Waals surface area contributed by atoms with Crippen molar-refractivity contribution in [2.75, 3.05) is 18.4 Å². The smallest absolute Gasteiger partial charge is 0.291 e. The lowest BCUT2D eigenvalue weighted by Crippen LogP contribution is -2.37. The molecule has 0 aliphatic carbocycles. The van der Waals surface area contributed by atoms with Crippen molar-refractivity contribution in [2.45, 2.75) is 45.4 Å². The van der Waals surface area contributed by atoms with Crippen LogP contribution in [0.2, 0.25) is 0 Å². The minimum absolute atomic E-state index is 0.242. The van der Waals surface area contributed by atoms with Crippen LogP contribution in [0.1, 0.15) is 47.0 Å². The summed E-state index contributed by atoms with van der Waals surface area (Å²) in [7, 11) is -3.51. The van der Waals surface area contributed by atoms with Gasteiger partial charge in [0.15, 0.2) is 5.76 Å². The number of anilines is 1. The van der Waals surface area contributed by atoms with Gasteiger partial charge in [-0.25, -0.2) is 8.42 Å². The summed E-state index contributed by atoms with van der Waals surface area (Å²) < 4.78 is 33.1. The predicted molar refractivity (Wildman–Crippen MR) is 122 cm³/mol. The maximum atomic E-state index is 12.9. The third-order valence-corrected chi connectivity index (χ3v) is 8.16. The number of rotatable bonds is 4. The van der Waals surface area contributed by atoms with Crippen LogP contribution in [0, 0.1) is 26.7 Å².